The summed E-state index contributed by atoms with van der Waals surface area (Å²) in [7, 11) is 0. The van der Waals surface area contributed by atoms with E-state index in [0.717, 1.165) is 0 Å². The number of benzene rings is 2. The van der Waals surface area contributed by atoms with Crippen molar-refractivity contribution in [3.63, 3.8) is 0 Å². The summed E-state index contributed by atoms with van der Waals surface area (Å²) in [6.45, 7) is 0. The minimum Gasteiger partial charge on any atom is -0.383 e. The molecule has 0 spiro atoms. The molecule has 134 valence electrons. The third-order valence-electron chi connectivity index (χ3n) is 4.24. The number of aliphatic hydroxyl groups excluding tert-OH is 1. The minimum absolute atomic E-state index is 0.358. The van der Waals surface area contributed by atoms with E-state index in [1.54, 1.807) is 54.9 Å². The van der Waals surface area contributed by atoms with E-state index in [1.807, 2.05) is 6.07 Å². The van der Waals surface area contributed by atoms with Crippen molar-refractivity contribution in [3.05, 3.63) is 95.0 Å². The van der Waals surface area contributed by atoms with Crippen molar-refractivity contribution in [3.8, 4) is 22.6 Å². The molecule has 0 amide bonds. The van der Waals surface area contributed by atoms with Crippen LogP contribution >= 0.6 is 11.6 Å². The maximum atomic E-state index is 13.3. The zero-order chi connectivity index (χ0) is 18.8. The molecule has 0 aliphatic carbocycles. The summed E-state index contributed by atoms with van der Waals surface area (Å²) in [5.41, 5.74) is 2.68. The van der Waals surface area contributed by atoms with Gasteiger partial charge in [0.2, 0.25) is 0 Å². The largest absolute Gasteiger partial charge is 0.383 e. The first-order valence-electron chi connectivity index (χ1n) is 8.23. The van der Waals surface area contributed by atoms with Gasteiger partial charge < -0.3 is 9.63 Å². The smallest absolute Gasteiger partial charge is 0.175 e. The number of nitrogens with zero attached hydrogens (tertiary/aromatic N) is 2. The molecule has 0 aliphatic heterocycles. The van der Waals surface area contributed by atoms with Gasteiger partial charge in [0.25, 0.3) is 0 Å². The predicted molar refractivity (Wildman–Crippen MR) is 101 cm³/mol. The van der Waals surface area contributed by atoms with Crippen LogP contribution in [-0.4, -0.2) is 15.2 Å². The normalized spacial score (nSPS) is 12.1. The highest BCUT2D eigenvalue weighted by molar-refractivity contribution is 6.33. The molecule has 2 heterocycles. The molecule has 6 heteroatoms. The van der Waals surface area contributed by atoms with Crippen LogP contribution in [0.2, 0.25) is 5.02 Å². The van der Waals surface area contributed by atoms with Gasteiger partial charge in [0.1, 0.15) is 17.6 Å². The Morgan fingerprint density at radius 2 is 1.78 bits per heavy atom. The molecule has 4 rings (SSSR count). The summed E-state index contributed by atoms with van der Waals surface area (Å²) in [6.07, 6.45) is 2.15. The number of halogens is 2. The van der Waals surface area contributed by atoms with Gasteiger partial charge in [0.05, 0.1) is 10.6 Å². The van der Waals surface area contributed by atoms with Gasteiger partial charge in [-0.2, -0.15) is 0 Å². The van der Waals surface area contributed by atoms with Gasteiger partial charge >= 0.3 is 0 Å². The van der Waals surface area contributed by atoms with Crippen LogP contribution in [0.5, 0.6) is 0 Å². The number of aromatic nitrogens is 2. The molecular formula is C21H14ClFN2O2. The van der Waals surface area contributed by atoms with Crippen LogP contribution in [0, 0.1) is 5.82 Å². The lowest BCUT2D eigenvalue weighted by Gasteiger charge is -2.13. The molecule has 0 aliphatic rings. The molecule has 0 bridgehead atoms. The lowest BCUT2D eigenvalue weighted by atomic mass is 9.95. The van der Waals surface area contributed by atoms with Crippen molar-refractivity contribution in [2.75, 3.05) is 0 Å². The topological polar surface area (TPSA) is 59.2 Å². The standard InChI is InChI=1S/C21H14ClFN2O2/c22-17-6-2-1-5-16(17)21-18(20(26)14-4-3-11-24-12-14)19(25-27-21)13-7-9-15(23)10-8-13/h1-12,20,26H. The molecule has 1 atom stereocenters. The predicted octanol–water partition coefficient (Wildman–Crippen LogP) is 5.28. The zero-order valence-corrected chi connectivity index (χ0v) is 14.8. The Balaban J connectivity index is 1.93. The lowest BCUT2D eigenvalue weighted by molar-refractivity contribution is 0.220. The molecule has 1 unspecified atom stereocenters. The fraction of sp³-hybridized carbons (Fsp3) is 0.0476. The van der Waals surface area contributed by atoms with Gasteiger partial charge in [-0.15, -0.1) is 0 Å². The Hall–Kier alpha value is -3.02. The Morgan fingerprint density at radius 1 is 1.00 bits per heavy atom. The lowest BCUT2D eigenvalue weighted by Crippen LogP contribution is -2.02. The SMILES string of the molecule is OC(c1cccnc1)c1c(-c2ccc(F)cc2)noc1-c1ccccc1Cl. The molecule has 0 radical (unpaired) electrons. The molecule has 2 aromatic heterocycles. The van der Waals surface area contributed by atoms with Crippen LogP contribution in [0.3, 0.4) is 0 Å². The Labute approximate surface area is 159 Å². The van der Waals surface area contributed by atoms with E-state index in [2.05, 4.69) is 10.1 Å². The Bertz CT molecular complexity index is 1070. The van der Waals surface area contributed by atoms with Crippen LogP contribution in [0.25, 0.3) is 22.6 Å². The van der Waals surface area contributed by atoms with Crippen molar-refractivity contribution in [2.45, 2.75) is 6.10 Å². The molecule has 2 aromatic carbocycles. The van der Waals surface area contributed by atoms with E-state index in [4.69, 9.17) is 16.1 Å². The zero-order valence-electron chi connectivity index (χ0n) is 14.0. The van der Waals surface area contributed by atoms with E-state index in [1.165, 1.54) is 12.1 Å². The summed E-state index contributed by atoms with van der Waals surface area (Å²) >= 11 is 6.33. The fourth-order valence-electron chi connectivity index (χ4n) is 2.91. The first-order valence-corrected chi connectivity index (χ1v) is 8.61. The van der Waals surface area contributed by atoms with Crippen LogP contribution in [0.4, 0.5) is 4.39 Å². The Kier molecular flexibility index (Phi) is 4.71. The van der Waals surface area contributed by atoms with Crippen LogP contribution in [0.1, 0.15) is 17.2 Å². The van der Waals surface area contributed by atoms with Crippen molar-refractivity contribution in [2.24, 2.45) is 0 Å². The monoisotopic (exact) mass is 380 g/mol. The highest BCUT2D eigenvalue weighted by Gasteiger charge is 2.27. The molecule has 1 N–H and O–H groups in total. The summed E-state index contributed by atoms with van der Waals surface area (Å²) in [6, 6.07) is 16.5. The first-order chi connectivity index (χ1) is 13.1. The molecule has 0 saturated heterocycles. The van der Waals surface area contributed by atoms with Gasteiger partial charge in [-0.25, -0.2) is 4.39 Å². The van der Waals surface area contributed by atoms with Crippen LogP contribution in [-0.2, 0) is 0 Å². The van der Waals surface area contributed by atoms with Gasteiger partial charge in [-0.1, -0.05) is 35.0 Å². The fourth-order valence-corrected chi connectivity index (χ4v) is 3.13. The number of pyridine rings is 1. The van der Waals surface area contributed by atoms with Crippen molar-refractivity contribution >= 4 is 11.6 Å². The number of aliphatic hydroxyl groups is 1. The van der Waals surface area contributed by atoms with E-state index in [-0.39, 0.29) is 5.82 Å². The van der Waals surface area contributed by atoms with Gasteiger partial charge in [0.15, 0.2) is 5.76 Å². The third-order valence-corrected chi connectivity index (χ3v) is 4.57. The molecule has 0 fully saturated rings. The highest BCUT2D eigenvalue weighted by atomic mass is 35.5. The number of hydrogen-bond acceptors (Lipinski definition) is 4. The summed E-state index contributed by atoms with van der Waals surface area (Å²) in [5.74, 6) is -0.000733. The second kappa shape index (κ2) is 7.31. The summed E-state index contributed by atoms with van der Waals surface area (Å²) in [4.78, 5) is 4.06. The average Bonchev–Trinajstić information content (AvgIpc) is 3.14. The van der Waals surface area contributed by atoms with E-state index >= 15 is 0 Å². The van der Waals surface area contributed by atoms with Gasteiger partial charge in [-0.05, 0) is 42.5 Å². The number of hydrogen-bond donors (Lipinski definition) is 1. The van der Waals surface area contributed by atoms with Crippen molar-refractivity contribution < 1.29 is 14.0 Å². The van der Waals surface area contributed by atoms with E-state index < -0.39 is 6.10 Å². The second-order valence-electron chi connectivity index (χ2n) is 5.95. The molecule has 4 aromatic rings. The van der Waals surface area contributed by atoms with E-state index in [9.17, 15) is 9.50 Å². The second-order valence-corrected chi connectivity index (χ2v) is 6.36. The summed E-state index contributed by atoms with van der Waals surface area (Å²) in [5, 5.41) is 15.7. The summed E-state index contributed by atoms with van der Waals surface area (Å²) < 4.78 is 18.9. The number of rotatable bonds is 4. The van der Waals surface area contributed by atoms with E-state index in [0.29, 0.717) is 38.7 Å². The maximum absolute atomic E-state index is 13.3. The first kappa shape index (κ1) is 17.4. The molecule has 0 saturated carbocycles. The van der Waals surface area contributed by atoms with Crippen LogP contribution in [0.15, 0.2) is 77.6 Å². The van der Waals surface area contributed by atoms with Crippen LogP contribution < -0.4 is 0 Å². The van der Waals surface area contributed by atoms with Gasteiger partial charge in [0, 0.05) is 29.1 Å². The quantitative estimate of drug-likeness (QED) is 0.523. The Morgan fingerprint density at radius 3 is 2.48 bits per heavy atom. The third kappa shape index (κ3) is 3.35. The molecule has 27 heavy (non-hydrogen) atoms. The molecule has 4 nitrogen and oxygen atoms in total. The minimum atomic E-state index is -1.05. The van der Waals surface area contributed by atoms with Crippen molar-refractivity contribution in [1.29, 1.82) is 0 Å². The average molecular weight is 381 g/mol. The maximum Gasteiger partial charge on any atom is 0.175 e. The van der Waals surface area contributed by atoms with Gasteiger partial charge in [-0.3, -0.25) is 4.98 Å². The van der Waals surface area contributed by atoms with Crippen molar-refractivity contribution in [1.82, 2.24) is 10.1 Å². The molecular weight excluding hydrogens is 367 g/mol. The highest BCUT2D eigenvalue weighted by Crippen LogP contribution is 2.40.